The van der Waals surface area contributed by atoms with E-state index in [0.717, 1.165) is 31.3 Å². The van der Waals surface area contributed by atoms with E-state index >= 15 is 0 Å². The van der Waals surface area contributed by atoms with E-state index in [9.17, 15) is 9.59 Å². The molecule has 0 radical (unpaired) electrons. The van der Waals surface area contributed by atoms with Gasteiger partial charge < -0.3 is 0 Å². The molecule has 2 N–H and O–H groups in total. The van der Waals surface area contributed by atoms with Crippen molar-refractivity contribution in [2.75, 3.05) is 0 Å². The van der Waals surface area contributed by atoms with Gasteiger partial charge in [0.15, 0.2) is 0 Å². The number of hydrogen-bond donors (Lipinski definition) is 2. The minimum Gasteiger partial charge on any atom is -0.266 e. The summed E-state index contributed by atoms with van der Waals surface area (Å²) in [5.74, 6) is -0.730. The minimum absolute atomic E-state index is 0.365. The van der Waals surface area contributed by atoms with Crippen molar-refractivity contribution in [3.05, 3.63) is 104 Å². The molecule has 0 unspecified atom stereocenters. The predicted octanol–water partition coefficient (Wildman–Crippen LogP) is 6.95. The second kappa shape index (κ2) is 10.6. The number of thiophene rings is 2. The summed E-state index contributed by atoms with van der Waals surface area (Å²) in [6.07, 6.45) is 3.07. The van der Waals surface area contributed by atoms with Crippen LogP contribution in [-0.2, 0) is 0 Å². The topological polar surface area (TPSA) is 82.9 Å². The van der Waals surface area contributed by atoms with E-state index in [4.69, 9.17) is 23.2 Å². The van der Waals surface area contributed by atoms with Crippen molar-refractivity contribution in [3.8, 4) is 0 Å². The molecular formula is C26H16Cl2N4O2S2. The second-order valence-electron chi connectivity index (χ2n) is 7.55. The number of fused-ring (bicyclic) bond motifs is 2. The summed E-state index contributed by atoms with van der Waals surface area (Å²) in [5.41, 5.74) is 6.57. The first-order valence-corrected chi connectivity index (χ1v) is 13.0. The maximum Gasteiger partial charge on any atom is 0.283 e. The van der Waals surface area contributed by atoms with Gasteiger partial charge in [-0.1, -0.05) is 83.9 Å². The van der Waals surface area contributed by atoms with Gasteiger partial charge in [-0.3, -0.25) is 9.59 Å². The van der Waals surface area contributed by atoms with E-state index in [2.05, 4.69) is 21.1 Å². The zero-order chi connectivity index (χ0) is 25.1. The smallest absolute Gasteiger partial charge is 0.266 e. The fourth-order valence-electron chi connectivity index (χ4n) is 3.42. The molecule has 0 aliphatic rings. The summed E-state index contributed by atoms with van der Waals surface area (Å²) in [7, 11) is 0. The van der Waals surface area contributed by atoms with Gasteiger partial charge in [-0.15, -0.1) is 22.7 Å². The lowest BCUT2D eigenvalue weighted by atomic mass is 10.2. The molecule has 5 aromatic rings. The molecule has 2 heterocycles. The maximum atomic E-state index is 12.5. The lowest BCUT2D eigenvalue weighted by Gasteiger charge is -1.99. The first kappa shape index (κ1) is 24.1. The molecule has 2 amide bonds. The van der Waals surface area contributed by atoms with E-state index in [0.29, 0.717) is 19.8 Å². The van der Waals surface area contributed by atoms with Crippen LogP contribution in [0.25, 0.3) is 20.2 Å². The Morgan fingerprint density at radius 3 is 1.42 bits per heavy atom. The Morgan fingerprint density at radius 1 is 0.639 bits per heavy atom. The van der Waals surface area contributed by atoms with Crippen LogP contribution in [0.15, 0.2) is 83.0 Å². The third-order valence-corrected chi connectivity index (χ3v) is 8.53. The number of nitrogens with one attached hydrogen (secondary N) is 2. The average Bonchev–Trinajstić information content (AvgIpc) is 3.42. The quantitative estimate of drug-likeness (QED) is 0.177. The van der Waals surface area contributed by atoms with E-state index in [1.807, 2.05) is 72.8 Å². The number of carbonyl (C=O) groups excluding carboxylic acids is 2. The molecule has 0 fully saturated rings. The lowest BCUT2D eigenvalue weighted by Crippen LogP contribution is -2.16. The number of hydrazone groups is 2. The largest absolute Gasteiger partial charge is 0.283 e. The monoisotopic (exact) mass is 550 g/mol. The number of nitrogens with zero attached hydrogens (tertiary/aromatic N) is 2. The Bertz CT molecular complexity index is 1530. The van der Waals surface area contributed by atoms with Crippen molar-refractivity contribution in [2.24, 2.45) is 10.2 Å². The molecule has 6 nitrogen and oxygen atoms in total. The fraction of sp³-hybridized carbons (Fsp3) is 0. The Labute approximate surface area is 223 Å². The first-order chi connectivity index (χ1) is 17.5. The predicted molar refractivity (Wildman–Crippen MR) is 150 cm³/mol. The van der Waals surface area contributed by atoms with E-state index in [-0.39, 0.29) is 11.8 Å². The molecule has 10 heteroatoms. The van der Waals surface area contributed by atoms with Gasteiger partial charge in [-0.25, -0.2) is 10.9 Å². The van der Waals surface area contributed by atoms with Crippen LogP contribution in [0.5, 0.6) is 0 Å². The van der Waals surface area contributed by atoms with E-state index < -0.39 is 0 Å². The standard InChI is InChI=1S/C26H16Cl2N4O2S2/c27-21-17-5-1-3-7-19(17)35-23(21)25(33)31-29-13-15-9-11-16(12-10-15)14-30-32-26(34)24-22(28)18-6-2-4-8-20(18)36-24/h1-14H,(H,31,33)(H,32,34). The molecule has 178 valence electrons. The second-order valence-corrected chi connectivity index (χ2v) is 10.4. The van der Waals surface area contributed by atoms with Crippen molar-refractivity contribution < 1.29 is 9.59 Å². The van der Waals surface area contributed by atoms with Gasteiger partial charge in [0.2, 0.25) is 0 Å². The molecule has 5 rings (SSSR count). The van der Waals surface area contributed by atoms with Gasteiger partial charge in [0.1, 0.15) is 9.75 Å². The molecule has 0 aliphatic carbocycles. The molecule has 0 saturated heterocycles. The van der Waals surface area contributed by atoms with E-state index in [1.54, 1.807) is 0 Å². The summed E-state index contributed by atoms with van der Waals surface area (Å²) >= 11 is 15.3. The van der Waals surface area contributed by atoms with Gasteiger partial charge in [0, 0.05) is 20.2 Å². The van der Waals surface area contributed by atoms with Crippen molar-refractivity contribution in [1.82, 2.24) is 10.9 Å². The highest BCUT2D eigenvalue weighted by Crippen LogP contribution is 2.35. The van der Waals surface area contributed by atoms with Crippen LogP contribution in [0.3, 0.4) is 0 Å². The summed E-state index contributed by atoms with van der Waals surface area (Å²) in [4.78, 5) is 25.8. The van der Waals surface area contributed by atoms with Crippen LogP contribution in [-0.4, -0.2) is 24.2 Å². The summed E-state index contributed by atoms with van der Waals surface area (Å²) in [6.45, 7) is 0. The number of halogens is 2. The zero-order valence-corrected chi connectivity index (χ0v) is 21.5. The number of hydrogen-bond acceptors (Lipinski definition) is 6. The minimum atomic E-state index is -0.365. The molecule has 0 saturated carbocycles. The molecule has 36 heavy (non-hydrogen) atoms. The number of benzene rings is 3. The van der Waals surface area contributed by atoms with Crippen LogP contribution < -0.4 is 10.9 Å². The van der Waals surface area contributed by atoms with Crippen LogP contribution in [0.4, 0.5) is 0 Å². The molecule has 3 aromatic carbocycles. The summed E-state index contributed by atoms with van der Waals surface area (Å²) in [5, 5.41) is 10.6. The fourth-order valence-corrected chi connectivity index (χ4v) is 6.23. The lowest BCUT2D eigenvalue weighted by molar-refractivity contribution is 0.0951. The Hall–Kier alpha value is -3.56. The van der Waals surface area contributed by atoms with Crippen molar-refractivity contribution in [1.29, 1.82) is 0 Å². The zero-order valence-electron chi connectivity index (χ0n) is 18.4. The maximum absolute atomic E-state index is 12.5. The normalized spacial score (nSPS) is 11.6. The highest BCUT2D eigenvalue weighted by atomic mass is 35.5. The van der Waals surface area contributed by atoms with Crippen LogP contribution >= 0.6 is 45.9 Å². The molecule has 0 atom stereocenters. The van der Waals surface area contributed by atoms with Gasteiger partial charge in [0.25, 0.3) is 11.8 Å². The number of rotatable bonds is 6. The Morgan fingerprint density at radius 2 is 1.03 bits per heavy atom. The van der Waals surface area contributed by atoms with Crippen LogP contribution in [0, 0.1) is 0 Å². The SMILES string of the molecule is O=C(NN=Cc1ccc(C=NNC(=O)c2sc3ccccc3c2Cl)cc1)c1sc2ccccc2c1Cl. The van der Waals surface area contributed by atoms with Crippen LogP contribution in [0.1, 0.15) is 30.5 Å². The van der Waals surface area contributed by atoms with Gasteiger partial charge in [-0.2, -0.15) is 10.2 Å². The molecular weight excluding hydrogens is 535 g/mol. The highest BCUT2D eigenvalue weighted by molar-refractivity contribution is 7.22. The average molecular weight is 551 g/mol. The Kier molecular flexibility index (Phi) is 7.11. The highest BCUT2D eigenvalue weighted by Gasteiger charge is 2.17. The molecule has 0 spiro atoms. The van der Waals surface area contributed by atoms with Crippen molar-refractivity contribution >= 4 is 90.3 Å². The van der Waals surface area contributed by atoms with Crippen LogP contribution in [0.2, 0.25) is 10.0 Å². The summed E-state index contributed by atoms with van der Waals surface area (Å²) in [6, 6.07) is 22.4. The molecule has 0 aliphatic heterocycles. The third kappa shape index (κ3) is 5.03. The molecule has 0 bridgehead atoms. The van der Waals surface area contributed by atoms with Crippen molar-refractivity contribution in [2.45, 2.75) is 0 Å². The van der Waals surface area contributed by atoms with Crippen molar-refractivity contribution in [3.63, 3.8) is 0 Å². The summed E-state index contributed by atoms with van der Waals surface area (Å²) < 4.78 is 1.88. The molecule has 2 aromatic heterocycles. The van der Waals surface area contributed by atoms with Gasteiger partial charge >= 0.3 is 0 Å². The first-order valence-electron chi connectivity index (χ1n) is 10.6. The van der Waals surface area contributed by atoms with Gasteiger partial charge in [0.05, 0.1) is 22.5 Å². The Balaban J connectivity index is 1.17. The number of carbonyl (C=O) groups is 2. The third-order valence-electron chi connectivity index (χ3n) is 5.18. The van der Waals surface area contributed by atoms with Gasteiger partial charge in [-0.05, 0) is 23.3 Å². The van der Waals surface area contributed by atoms with E-state index in [1.165, 1.54) is 35.1 Å². The number of amides is 2.